The zero-order valence-corrected chi connectivity index (χ0v) is 10.3. The number of imidazole rings is 1. The molecule has 0 radical (unpaired) electrons. The van der Waals surface area contributed by atoms with Gasteiger partial charge in [-0.05, 0) is 25.8 Å². The number of nitrogens with zero attached hydrogens (tertiary/aromatic N) is 2. The zero-order valence-electron chi connectivity index (χ0n) is 10.3. The van der Waals surface area contributed by atoms with Crippen LogP contribution in [0.5, 0.6) is 0 Å². The van der Waals surface area contributed by atoms with E-state index in [9.17, 15) is 5.11 Å². The number of aromatic nitrogens is 2. The van der Waals surface area contributed by atoms with E-state index < -0.39 is 0 Å². The summed E-state index contributed by atoms with van der Waals surface area (Å²) >= 11 is 0. The third kappa shape index (κ3) is 3.80. The van der Waals surface area contributed by atoms with E-state index >= 15 is 0 Å². The molecule has 1 atom stereocenters. The summed E-state index contributed by atoms with van der Waals surface area (Å²) in [6.45, 7) is 2.01. The maximum Gasteiger partial charge on any atom is 0.0951 e. The SMILES string of the molecule is COCC(O)CCNCc1cncn1C1CC1. The molecule has 0 aliphatic heterocycles. The monoisotopic (exact) mass is 239 g/mol. The highest BCUT2D eigenvalue weighted by molar-refractivity contribution is 5.03. The molecule has 96 valence electrons. The molecule has 1 heterocycles. The van der Waals surface area contributed by atoms with E-state index in [-0.39, 0.29) is 6.10 Å². The van der Waals surface area contributed by atoms with Crippen molar-refractivity contribution in [2.24, 2.45) is 0 Å². The van der Waals surface area contributed by atoms with Crippen molar-refractivity contribution >= 4 is 0 Å². The Balaban J connectivity index is 1.66. The molecule has 1 aliphatic carbocycles. The largest absolute Gasteiger partial charge is 0.391 e. The first-order valence-electron chi connectivity index (χ1n) is 6.19. The lowest BCUT2D eigenvalue weighted by molar-refractivity contribution is 0.0594. The summed E-state index contributed by atoms with van der Waals surface area (Å²) in [5.41, 5.74) is 1.23. The van der Waals surface area contributed by atoms with Crippen molar-refractivity contribution in [2.45, 2.75) is 38.0 Å². The highest BCUT2D eigenvalue weighted by Crippen LogP contribution is 2.35. The predicted molar refractivity (Wildman–Crippen MR) is 64.7 cm³/mol. The Morgan fingerprint density at radius 1 is 1.65 bits per heavy atom. The van der Waals surface area contributed by atoms with Crippen LogP contribution in [0.15, 0.2) is 12.5 Å². The second-order valence-corrected chi connectivity index (χ2v) is 4.60. The van der Waals surface area contributed by atoms with Crippen molar-refractivity contribution in [1.29, 1.82) is 0 Å². The fourth-order valence-electron chi connectivity index (χ4n) is 1.91. The fraction of sp³-hybridized carbons (Fsp3) is 0.750. The number of nitrogens with one attached hydrogen (secondary N) is 1. The molecule has 0 amide bonds. The predicted octanol–water partition coefficient (Wildman–Crippen LogP) is 0.705. The Bertz CT molecular complexity index is 336. The van der Waals surface area contributed by atoms with E-state index in [0.29, 0.717) is 19.1 Å². The highest BCUT2D eigenvalue weighted by Gasteiger charge is 2.24. The van der Waals surface area contributed by atoms with Gasteiger partial charge in [-0.2, -0.15) is 0 Å². The molecule has 1 saturated carbocycles. The average Bonchev–Trinajstić information content (AvgIpc) is 3.05. The van der Waals surface area contributed by atoms with Gasteiger partial charge in [0.2, 0.25) is 0 Å². The lowest BCUT2D eigenvalue weighted by atomic mass is 10.2. The van der Waals surface area contributed by atoms with E-state index in [1.807, 2.05) is 12.5 Å². The lowest BCUT2D eigenvalue weighted by Crippen LogP contribution is -2.23. The van der Waals surface area contributed by atoms with Crippen LogP contribution < -0.4 is 5.32 Å². The summed E-state index contributed by atoms with van der Waals surface area (Å²) in [7, 11) is 1.60. The van der Waals surface area contributed by atoms with E-state index in [1.54, 1.807) is 7.11 Å². The minimum Gasteiger partial charge on any atom is -0.391 e. The molecule has 0 bridgehead atoms. The zero-order chi connectivity index (χ0) is 12.1. The topological polar surface area (TPSA) is 59.3 Å². The minimum absolute atomic E-state index is 0.374. The quantitative estimate of drug-likeness (QED) is 0.656. The van der Waals surface area contributed by atoms with E-state index in [0.717, 1.165) is 13.1 Å². The molecule has 1 fully saturated rings. The Morgan fingerprint density at radius 3 is 3.18 bits per heavy atom. The molecule has 1 unspecified atom stereocenters. The van der Waals surface area contributed by atoms with Gasteiger partial charge in [-0.15, -0.1) is 0 Å². The molecule has 0 saturated heterocycles. The van der Waals surface area contributed by atoms with E-state index in [2.05, 4.69) is 14.9 Å². The molecular formula is C12H21N3O2. The second kappa shape index (κ2) is 6.14. The molecule has 1 aliphatic rings. The first-order valence-corrected chi connectivity index (χ1v) is 6.19. The van der Waals surface area contributed by atoms with Crippen LogP contribution in [0.1, 0.15) is 31.0 Å². The summed E-state index contributed by atoms with van der Waals surface area (Å²) < 4.78 is 7.12. The Hall–Kier alpha value is -0.910. The van der Waals surface area contributed by atoms with Crippen LogP contribution in [-0.2, 0) is 11.3 Å². The maximum atomic E-state index is 9.48. The number of rotatable bonds is 8. The molecule has 2 rings (SSSR count). The normalized spacial score (nSPS) is 17.3. The molecule has 0 aromatic carbocycles. The number of methoxy groups -OCH3 is 1. The van der Waals surface area contributed by atoms with Crippen LogP contribution in [0, 0.1) is 0 Å². The van der Waals surface area contributed by atoms with Crippen LogP contribution >= 0.6 is 0 Å². The van der Waals surface area contributed by atoms with Crippen LogP contribution in [0.3, 0.4) is 0 Å². The Kier molecular flexibility index (Phi) is 4.53. The minimum atomic E-state index is -0.374. The summed E-state index contributed by atoms with van der Waals surface area (Å²) in [5, 5.41) is 12.8. The van der Waals surface area contributed by atoms with E-state index in [1.165, 1.54) is 18.5 Å². The molecule has 2 N–H and O–H groups in total. The van der Waals surface area contributed by atoms with Crippen LogP contribution in [0.25, 0.3) is 0 Å². The van der Waals surface area contributed by atoms with Gasteiger partial charge in [0.15, 0.2) is 0 Å². The van der Waals surface area contributed by atoms with Gasteiger partial charge in [-0.1, -0.05) is 0 Å². The molecule has 1 aromatic heterocycles. The number of hydrogen-bond acceptors (Lipinski definition) is 4. The van der Waals surface area contributed by atoms with Crippen LogP contribution in [-0.4, -0.2) is 41.0 Å². The standard InChI is InChI=1S/C12H21N3O2/c1-17-8-12(16)4-5-13-6-11-7-14-9-15(11)10-2-3-10/h7,9-10,12-13,16H,2-6,8H2,1H3. The molecule has 5 nitrogen and oxygen atoms in total. The number of aliphatic hydroxyl groups excluding tert-OH is 1. The number of ether oxygens (including phenoxy) is 1. The molecule has 5 heteroatoms. The molecule has 0 spiro atoms. The first kappa shape index (κ1) is 12.5. The molecular weight excluding hydrogens is 218 g/mol. The van der Waals surface area contributed by atoms with Gasteiger partial charge in [0.25, 0.3) is 0 Å². The summed E-state index contributed by atoms with van der Waals surface area (Å²) in [4.78, 5) is 4.18. The van der Waals surface area contributed by atoms with Crippen molar-refractivity contribution < 1.29 is 9.84 Å². The maximum absolute atomic E-state index is 9.48. The summed E-state index contributed by atoms with van der Waals surface area (Å²) in [5.74, 6) is 0. The Morgan fingerprint density at radius 2 is 2.47 bits per heavy atom. The highest BCUT2D eigenvalue weighted by atomic mass is 16.5. The number of hydrogen-bond donors (Lipinski definition) is 2. The van der Waals surface area contributed by atoms with Crippen molar-refractivity contribution in [3.63, 3.8) is 0 Å². The smallest absolute Gasteiger partial charge is 0.0951 e. The van der Waals surface area contributed by atoms with Crippen molar-refractivity contribution in [3.05, 3.63) is 18.2 Å². The van der Waals surface area contributed by atoms with Gasteiger partial charge >= 0.3 is 0 Å². The third-order valence-electron chi connectivity index (χ3n) is 3.01. The fourth-order valence-corrected chi connectivity index (χ4v) is 1.91. The van der Waals surface area contributed by atoms with Crippen molar-refractivity contribution in [1.82, 2.24) is 14.9 Å². The van der Waals surface area contributed by atoms with Crippen molar-refractivity contribution in [2.75, 3.05) is 20.3 Å². The second-order valence-electron chi connectivity index (χ2n) is 4.60. The number of aliphatic hydroxyl groups is 1. The first-order chi connectivity index (χ1) is 8.31. The van der Waals surface area contributed by atoms with Gasteiger partial charge in [0.05, 0.1) is 24.7 Å². The average molecular weight is 239 g/mol. The summed E-state index contributed by atoms with van der Waals surface area (Å²) in [6, 6.07) is 0.674. The molecule has 17 heavy (non-hydrogen) atoms. The van der Waals surface area contributed by atoms with Crippen LogP contribution in [0.4, 0.5) is 0 Å². The van der Waals surface area contributed by atoms with E-state index in [4.69, 9.17) is 4.74 Å². The van der Waals surface area contributed by atoms with Gasteiger partial charge in [-0.3, -0.25) is 0 Å². The van der Waals surface area contributed by atoms with Crippen molar-refractivity contribution in [3.8, 4) is 0 Å². The third-order valence-corrected chi connectivity index (χ3v) is 3.01. The molecule has 1 aromatic rings. The lowest BCUT2D eigenvalue weighted by Gasteiger charge is -2.11. The van der Waals surface area contributed by atoms with Gasteiger partial charge in [0, 0.05) is 25.9 Å². The van der Waals surface area contributed by atoms with Gasteiger partial charge in [-0.25, -0.2) is 4.98 Å². The van der Waals surface area contributed by atoms with Gasteiger partial charge < -0.3 is 19.7 Å². The Labute approximate surface area is 102 Å². The summed E-state index contributed by atoms with van der Waals surface area (Å²) in [6.07, 6.45) is 6.71. The van der Waals surface area contributed by atoms with Crippen LogP contribution in [0.2, 0.25) is 0 Å². The van der Waals surface area contributed by atoms with Gasteiger partial charge in [0.1, 0.15) is 0 Å².